The number of likely N-dealkylation sites (tertiary alicyclic amines) is 1. The number of nitrogens with zero attached hydrogens (tertiary/aromatic N) is 2. The molecule has 1 saturated heterocycles. The van der Waals surface area contributed by atoms with Crippen LogP contribution < -0.4 is 0 Å². The topological polar surface area (TPSA) is 53.4 Å². The maximum absolute atomic E-state index is 11.9. The molecule has 1 fully saturated rings. The average Bonchev–Trinajstić information content (AvgIpc) is 2.65. The standard InChI is InChI=1S/C11H14N2O2/c1-8-4-6-13(7-8)11(15)10-9(14)3-2-5-12-10/h2-3,5,8,14H,4,6-7H2,1H3. The van der Waals surface area contributed by atoms with Crippen LogP contribution in [0.3, 0.4) is 0 Å². The van der Waals surface area contributed by atoms with E-state index in [1.54, 1.807) is 11.0 Å². The van der Waals surface area contributed by atoms with Crippen LogP contribution in [0, 0.1) is 5.92 Å². The molecule has 80 valence electrons. The molecule has 4 heteroatoms. The zero-order valence-corrected chi connectivity index (χ0v) is 8.68. The second kappa shape index (κ2) is 3.88. The van der Waals surface area contributed by atoms with Crippen LogP contribution in [-0.4, -0.2) is 34.0 Å². The molecule has 1 atom stereocenters. The van der Waals surface area contributed by atoms with E-state index in [1.165, 1.54) is 12.3 Å². The highest BCUT2D eigenvalue weighted by atomic mass is 16.3. The van der Waals surface area contributed by atoms with E-state index in [0.717, 1.165) is 19.5 Å². The molecule has 2 heterocycles. The molecular formula is C11H14N2O2. The van der Waals surface area contributed by atoms with Crippen molar-refractivity contribution < 1.29 is 9.90 Å². The molecule has 0 bridgehead atoms. The minimum Gasteiger partial charge on any atom is -0.505 e. The molecule has 0 spiro atoms. The van der Waals surface area contributed by atoms with Crippen molar-refractivity contribution in [1.82, 2.24) is 9.88 Å². The molecule has 1 N–H and O–H groups in total. The summed E-state index contributed by atoms with van der Waals surface area (Å²) in [6.45, 7) is 3.64. The fourth-order valence-corrected chi connectivity index (χ4v) is 1.83. The average molecular weight is 206 g/mol. The molecule has 0 aromatic carbocycles. The molecule has 0 aliphatic carbocycles. The van der Waals surface area contributed by atoms with Gasteiger partial charge in [-0.2, -0.15) is 0 Å². The van der Waals surface area contributed by atoms with Gasteiger partial charge in [0.25, 0.3) is 5.91 Å². The van der Waals surface area contributed by atoms with Crippen LogP contribution in [0.5, 0.6) is 5.75 Å². The highest BCUT2D eigenvalue weighted by Gasteiger charge is 2.26. The Morgan fingerprint density at radius 1 is 1.67 bits per heavy atom. The summed E-state index contributed by atoms with van der Waals surface area (Å²) in [6, 6.07) is 3.10. The lowest BCUT2D eigenvalue weighted by Gasteiger charge is -2.15. The number of aromatic hydroxyl groups is 1. The van der Waals surface area contributed by atoms with E-state index < -0.39 is 0 Å². The SMILES string of the molecule is CC1CCN(C(=O)c2ncccc2O)C1. The molecule has 0 radical (unpaired) electrons. The van der Waals surface area contributed by atoms with Crippen molar-refractivity contribution in [2.24, 2.45) is 5.92 Å². The largest absolute Gasteiger partial charge is 0.505 e. The van der Waals surface area contributed by atoms with Gasteiger partial charge in [0.05, 0.1) is 0 Å². The third-order valence-electron chi connectivity index (χ3n) is 2.70. The zero-order valence-electron chi connectivity index (χ0n) is 8.68. The number of amides is 1. The van der Waals surface area contributed by atoms with Gasteiger partial charge in [-0.15, -0.1) is 0 Å². The van der Waals surface area contributed by atoms with Gasteiger partial charge in [-0.3, -0.25) is 4.79 Å². The van der Waals surface area contributed by atoms with Crippen molar-refractivity contribution in [3.05, 3.63) is 24.0 Å². The Hall–Kier alpha value is -1.58. The van der Waals surface area contributed by atoms with Gasteiger partial charge in [-0.1, -0.05) is 6.92 Å². The number of carbonyl (C=O) groups excluding carboxylic acids is 1. The molecular weight excluding hydrogens is 192 g/mol. The minimum atomic E-state index is -0.169. The normalized spacial score (nSPS) is 20.6. The van der Waals surface area contributed by atoms with Gasteiger partial charge >= 0.3 is 0 Å². The molecule has 1 aliphatic heterocycles. The first-order chi connectivity index (χ1) is 7.18. The quantitative estimate of drug-likeness (QED) is 0.752. The summed E-state index contributed by atoms with van der Waals surface area (Å²) in [7, 11) is 0. The van der Waals surface area contributed by atoms with Crippen LogP contribution in [-0.2, 0) is 0 Å². The molecule has 0 saturated carbocycles. The van der Waals surface area contributed by atoms with Crippen LogP contribution >= 0.6 is 0 Å². The third-order valence-corrected chi connectivity index (χ3v) is 2.70. The van der Waals surface area contributed by atoms with E-state index in [4.69, 9.17) is 0 Å². The third kappa shape index (κ3) is 1.93. The number of carbonyl (C=O) groups is 1. The van der Waals surface area contributed by atoms with Crippen LogP contribution in [0.15, 0.2) is 18.3 Å². The molecule has 1 aliphatic rings. The summed E-state index contributed by atoms with van der Waals surface area (Å²) in [5.41, 5.74) is 0.159. The van der Waals surface area contributed by atoms with Crippen LogP contribution in [0.2, 0.25) is 0 Å². The highest BCUT2D eigenvalue weighted by Crippen LogP contribution is 2.20. The first kappa shape index (κ1) is 9.96. The molecule has 1 unspecified atom stereocenters. The smallest absolute Gasteiger partial charge is 0.276 e. The molecule has 2 rings (SSSR count). The lowest BCUT2D eigenvalue weighted by Crippen LogP contribution is -2.29. The summed E-state index contributed by atoms with van der Waals surface area (Å²) < 4.78 is 0. The van der Waals surface area contributed by atoms with E-state index in [9.17, 15) is 9.90 Å². The van der Waals surface area contributed by atoms with Crippen molar-refractivity contribution in [2.45, 2.75) is 13.3 Å². The lowest BCUT2D eigenvalue weighted by atomic mass is 10.2. The summed E-state index contributed by atoms with van der Waals surface area (Å²) in [6.07, 6.45) is 2.55. The lowest BCUT2D eigenvalue weighted by molar-refractivity contribution is 0.0779. The number of aromatic nitrogens is 1. The number of rotatable bonds is 1. The van der Waals surface area contributed by atoms with E-state index in [1.807, 2.05) is 0 Å². The van der Waals surface area contributed by atoms with E-state index in [2.05, 4.69) is 11.9 Å². The van der Waals surface area contributed by atoms with Gasteiger partial charge in [-0.25, -0.2) is 4.98 Å². The Labute approximate surface area is 88.6 Å². The first-order valence-corrected chi connectivity index (χ1v) is 5.11. The van der Waals surface area contributed by atoms with E-state index >= 15 is 0 Å². The second-order valence-corrected chi connectivity index (χ2v) is 4.02. The van der Waals surface area contributed by atoms with Gasteiger partial charge in [0.2, 0.25) is 0 Å². The molecule has 4 nitrogen and oxygen atoms in total. The van der Waals surface area contributed by atoms with Gasteiger partial charge in [0, 0.05) is 19.3 Å². The van der Waals surface area contributed by atoms with Crippen molar-refractivity contribution in [3.63, 3.8) is 0 Å². The molecule has 1 amide bonds. The Morgan fingerprint density at radius 2 is 2.47 bits per heavy atom. The molecule has 1 aromatic heterocycles. The fraction of sp³-hybridized carbons (Fsp3) is 0.455. The van der Waals surface area contributed by atoms with Crippen molar-refractivity contribution in [1.29, 1.82) is 0 Å². The monoisotopic (exact) mass is 206 g/mol. The Kier molecular flexibility index (Phi) is 2.58. The zero-order chi connectivity index (χ0) is 10.8. The maximum atomic E-state index is 11.9. The maximum Gasteiger partial charge on any atom is 0.276 e. The van der Waals surface area contributed by atoms with Gasteiger partial charge in [0.1, 0.15) is 5.75 Å². The van der Waals surface area contributed by atoms with Gasteiger partial charge < -0.3 is 10.0 Å². The van der Waals surface area contributed by atoms with E-state index in [-0.39, 0.29) is 17.4 Å². The summed E-state index contributed by atoms with van der Waals surface area (Å²) in [4.78, 5) is 17.6. The Balaban J connectivity index is 2.18. The van der Waals surface area contributed by atoms with Crippen molar-refractivity contribution >= 4 is 5.91 Å². The molecule has 15 heavy (non-hydrogen) atoms. The van der Waals surface area contributed by atoms with Crippen LogP contribution in [0.1, 0.15) is 23.8 Å². The highest BCUT2D eigenvalue weighted by molar-refractivity contribution is 5.94. The van der Waals surface area contributed by atoms with Crippen molar-refractivity contribution in [3.8, 4) is 5.75 Å². The first-order valence-electron chi connectivity index (χ1n) is 5.11. The number of hydrogen-bond donors (Lipinski definition) is 1. The molecule has 1 aromatic rings. The van der Waals surface area contributed by atoms with Gasteiger partial charge in [0.15, 0.2) is 5.69 Å². The van der Waals surface area contributed by atoms with Crippen LogP contribution in [0.4, 0.5) is 0 Å². The predicted molar refractivity (Wildman–Crippen MR) is 55.6 cm³/mol. The number of pyridine rings is 1. The Bertz CT molecular complexity index is 379. The predicted octanol–water partition coefficient (Wildman–Crippen LogP) is 1.27. The fourth-order valence-electron chi connectivity index (χ4n) is 1.83. The summed E-state index contributed by atoms with van der Waals surface area (Å²) in [5.74, 6) is 0.333. The van der Waals surface area contributed by atoms with E-state index in [0.29, 0.717) is 5.92 Å². The van der Waals surface area contributed by atoms with Crippen molar-refractivity contribution in [2.75, 3.05) is 13.1 Å². The summed E-state index contributed by atoms with van der Waals surface area (Å²) >= 11 is 0. The minimum absolute atomic E-state index is 0.0398. The second-order valence-electron chi connectivity index (χ2n) is 4.02. The van der Waals surface area contributed by atoms with Crippen LogP contribution in [0.25, 0.3) is 0 Å². The number of hydrogen-bond acceptors (Lipinski definition) is 3. The summed E-state index contributed by atoms with van der Waals surface area (Å²) in [5, 5.41) is 9.50. The Morgan fingerprint density at radius 3 is 3.07 bits per heavy atom. The van der Waals surface area contributed by atoms with Gasteiger partial charge in [-0.05, 0) is 24.5 Å².